The first-order valence-electron chi connectivity index (χ1n) is 6.65. The van der Waals surface area contributed by atoms with Crippen LogP contribution in [0.5, 0.6) is 5.75 Å². The van der Waals surface area contributed by atoms with E-state index in [-0.39, 0.29) is 16.5 Å². The van der Waals surface area contributed by atoms with Gasteiger partial charge in [-0.15, -0.1) is 0 Å². The molecule has 6 nitrogen and oxygen atoms in total. The first-order chi connectivity index (χ1) is 11.3. The molecule has 126 valence electrons. The van der Waals surface area contributed by atoms with Crippen LogP contribution >= 0.6 is 11.6 Å². The summed E-state index contributed by atoms with van der Waals surface area (Å²) < 4.78 is 32.3. The van der Waals surface area contributed by atoms with Crippen LogP contribution in [0.3, 0.4) is 0 Å². The van der Waals surface area contributed by atoms with Gasteiger partial charge in [0, 0.05) is 12.1 Å². The van der Waals surface area contributed by atoms with E-state index < -0.39 is 34.3 Å². The Morgan fingerprint density at radius 2 is 1.92 bits per heavy atom. The molecule has 0 aromatic heterocycles. The maximum absolute atomic E-state index is 13.5. The van der Waals surface area contributed by atoms with Gasteiger partial charge in [0.1, 0.15) is 23.1 Å². The Balaban J connectivity index is 2.11. The highest BCUT2D eigenvalue weighted by molar-refractivity contribution is 6.32. The molecule has 24 heavy (non-hydrogen) atoms. The van der Waals surface area contributed by atoms with Gasteiger partial charge in [0.2, 0.25) is 0 Å². The fraction of sp³-hybridized carbons (Fsp3) is 0.133. The maximum Gasteiger partial charge on any atom is 0.271 e. The van der Waals surface area contributed by atoms with Gasteiger partial charge in [-0.2, -0.15) is 0 Å². The number of carbonyl (C=O) groups is 1. The summed E-state index contributed by atoms with van der Waals surface area (Å²) in [4.78, 5) is 22.0. The monoisotopic (exact) mass is 356 g/mol. The summed E-state index contributed by atoms with van der Waals surface area (Å²) in [6.45, 7) is 1.34. The zero-order chi connectivity index (χ0) is 17.9. The Hall–Kier alpha value is -2.74. The van der Waals surface area contributed by atoms with E-state index in [1.165, 1.54) is 13.0 Å². The third-order valence-corrected chi connectivity index (χ3v) is 3.31. The van der Waals surface area contributed by atoms with Crippen LogP contribution < -0.4 is 10.1 Å². The minimum atomic E-state index is -1.15. The lowest BCUT2D eigenvalue weighted by atomic mass is 10.2. The maximum atomic E-state index is 13.5. The van der Waals surface area contributed by atoms with Gasteiger partial charge in [-0.05, 0) is 25.1 Å². The van der Waals surface area contributed by atoms with Crippen molar-refractivity contribution in [3.8, 4) is 5.75 Å². The average molecular weight is 357 g/mol. The average Bonchev–Trinajstić information content (AvgIpc) is 2.52. The van der Waals surface area contributed by atoms with Gasteiger partial charge in [0.05, 0.1) is 9.95 Å². The minimum Gasteiger partial charge on any atom is -0.479 e. The molecule has 0 heterocycles. The number of para-hydroxylation sites is 1. The summed E-state index contributed by atoms with van der Waals surface area (Å²) in [6, 6.07) is 6.61. The number of benzene rings is 2. The van der Waals surface area contributed by atoms with Crippen molar-refractivity contribution >= 4 is 28.9 Å². The van der Waals surface area contributed by atoms with E-state index in [4.69, 9.17) is 16.3 Å². The fourth-order valence-corrected chi connectivity index (χ4v) is 2.00. The Labute approximate surface area is 140 Å². The van der Waals surface area contributed by atoms with Crippen molar-refractivity contribution in [3.63, 3.8) is 0 Å². The Kier molecular flexibility index (Phi) is 5.30. The number of anilines is 1. The number of ether oxygens (including phenoxy) is 1. The second kappa shape index (κ2) is 7.22. The molecule has 0 saturated heterocycles. The van der Waals surface area contributed by atoms with E-state index in [0.29, 0.717) is 0 Å². The van der Waals surface area contributed by atoms with Crippen LogP contribution in [-0.2, 0) is 4.79 Å². The molecule has 1 N–H and O–H groups in total. The van der Waals surface area contributed by atoms with Crippen LogP contribution in [0.25, 0.3) is 0 Å². The number of non-ortho nitro benzene ring substituents is 1. The molecule has 9 heteroatoms. The number of halogens is 3. The number of nitrogens with zero attached hydrogens (tertiary/aromatic N) is 1. The lowest BCUT2D eigenvalue weighted by Crippen LogP contribution is -2.31. The zero-order valence-corrected chi connectivity index (χ0v) is 13.0. The molecular formula is C15H11ClF2N2O4. The van der Waals surface area contributed by atoms with E-state index >= 15 is 0 Å². The van der Waals surface area contributed by atoms with E-state index in [0.717, 1.165) is 30.3 Å². The molecule has 0 fully saturated rings. The van der Waals surface area contributed by atoms with E-state index in [9.17, 15) is 23.7 Å². The Morgan fingerprint density at radius 1 is 1.29 bits per heavy atom. The molecule has 2 rings (SSSR count). The van der Waals surface area contributed by atoms with Gasteiger partial charge in [-0.25, -0.2) is 8.78 Å². The van der Waals surface area contributed by atoms with Crippen molar-refractivity contribution in [1.82, 2.24) is 0 Å². The van der Waals surface area contributed by atoms with Crippen molar-refractivity contribution in [2.75, 3.05) is 5.32 Å². The molecule has 0 radical (unpaired) electrons. The van der Waals surface area contributed by atoms with E-state index in [1.807, 2.05) is 0 Å². The van der Waals surface area contributed by atoms with Crippen LogP contribution in [0.2, 0.25) is 5.02 Å². The highest BCUT2D eigenvalue weighted by Gasteiger charge is 2.20. The molecule has 0 aliphatic rings. The molecule has 0 unspecified atom stereocenters. The Bertz CT molecular complexity index is 781. The summed E-state index contributed by atoms with van der Waals surface area (Å²) >= 11 is 5.85. The number of hydrogen-bond donors (Lipinski definition) is 1. The van der Waals surface area contributed by atoms with Gasteiger partial charge < -0.3 is 10.1 Å². The molecule has 0 aliphatic heterocycles. The third kappa shape index (κ3) is 3.96. The SMILES string of the molecule is C[C@@H](Oc1ccc([N+](=O)[O-])cc1Cl)C(=O)Nc1c(F)cccc1F. The van der Waals surface area contributed by atoms with Crippen LogP contribution in [0.4, 0.5) is 20.2 Å². The molecule has 0 bridgehead atoms. The number of nitro benzene ring substituents is 1. The second-order valence-corrected chi connectivity index (χ2v) is 5.13. The van der Waals surface area contributed by atoms with Crippen LogP contribution in [0.15, 0.2) is 36.4 Å². The van der Waals surface area contributed by atoms with Crippen LogP contribution in [0, 0.1) is 21.7 Å². The molecule has 0 spiro atoms. The number of rotatable bonds is 5. The first kappa shape index (κ1) is 17.6. The minimum absolute atomic E-state index is 0.0268. The summed E-state index contributed by atoms with van der Waals surface area (Å²) in [5, 5.41) is 12.6. The second-order valence-electron chi connectivity index (χ2n) is 4.72. The predicted octanol–water partition coefficient (Wildman–Crippen LogP) is 3.93. The van der Waals surface area contributed by atoms with E-state index in [2.05, 4.69) is 5.32 Å². The predicted molar refractivity (Wildman–Crippen MR) is 83.2 cm³/mol. The topological polar surface area (TPSA) is 81.5 Å². The molecule has 1 atom stereocenters. The molecular weight excluding hydrogens is 346 g/mol. The summed E-state index contributed by atoms with van der Waals surface area (Å²) in [7, 11) is 0. The van der Waals surface area contributed by atoms with Crippen molar-refractivity contribution < 1.29 is 23.2 Å². The van der Waals surface area contributed by atoms with Crippen molar-refractivity contribution in [2.24, 2.45) is 0 Å². The number of nitrogens with one attached hydrogen (secondary N) is 1. The summed E-state index contributed by atoms with van der Waals surface area (Å²) in [5.41, 5.74) is -0.828. The van der Waals surface area contributed by atoms with Crippen LogP contribution in [-0.4, -0.2) is 16.9 Å². The summed E-state index contributed by atoms with van der Waals surface area (Å²) in [5.74, 6) is -2.64. The molecule has 0 saturated carbocycles. The van der Waals surface area contributed by atoms with Gasteiger partial charge in [0.25, 0.3) is 11.6 Å². The fourth-order valence-electron chi connectivity index (χ4n) is 1.78. The molecule has 2 aromatic rings. The third-order valence-electron chi connectivity index (χ3n) is 3.01. The largest absolute Gasteiger partial charge is 0.479 e. The first-order valence-corrected chi connectivity index (χ1v) is 7.03. The number of amides is 1. The van der Waals surface area contributed by atoms with Gasteiger partial charge in [0.15, 0.2) is 6.10 Å². The smallest absolute Gasteiger partial charge is 0.271 e. The van der Waals surface area contributed by atoms with Crippen molar-refractivity contribution in [3.05, 3.63) is 63.2 Å². The normalized spacial score (nSPS) is 11.7. The van der Waals surface area contributed by atoms with Gasteiger partial charge in [-0.3, -0.25) is 14.9 Å². The molecule has 2 aromatic carbocycles. The van der Waals surface area contributed by atoms with Crippen molar-refractivity contribution in [2.45, 2.75) is 13.0 Å². The standard InChI is InChI=1S/C15H11ClF2N2O4/c1-8(15(21)19-14-11(17)3-2-4-12(14)18)24-13-6-5-9(20(22)23)7-10(13)16/h2-8H,1H3,(H,19,21)/t8-/m1/s1. The number of hydrogen-bond acceptors (Lipinski definition) is 4. The highest BCUT2D eigenvalue weighted by atomic mass is 35.5. The number of carbonyl (C=O) groups excluding carboxylic acids is 1. The molecule has 1 amide bonds. The van der Waals surface area contributed by atoms with Crippen LogP contribution in [0.1, 0.15) is 6.92 Å². The lowest BCUT2D eigenvalue weighted by Gasteiger charge is -2.16. The quantitative estimate of drug-likeness (QED) is 0.650. The highest BCUT2D eigenvalue weighted by Crippen LogP contribution is 2.29. The van der Waals surface area contributed by atoms with Gasteiger partial charge >= 0.3 is 0 Å². The Morgan fingerprint density at radius 3 is 2.46 bits per heavy atom. The van der Waals surface area contributed by atoms with Gasteiger partial charge in [-0.1, -0.05) is 17.7 Å². The molecule has 0 aliphatic carbocycles. The summed E-state index contributed by atoms with van der Waals surface area (Å²) in [6.07, 6.45) is -1.15. The van der Waals surface area contributed by atoms with E-state index in [1.54, 1.807) is 0 Å². The zero-order valence-electron chi connectivity index (χ0n) is 12.3. The van der Waals surface area contributed by atoms with Crippen molar-refractivity contribution in [1.29, 1.82) is 0 Å². The number of nitro groups is 1. The lowest BCUT2D eigenvalue weighted by molar-refractivity contribution is -0.384.